The van der Waals surface area contributed by atoms with Gasteiger partial charge in [0.15, 0.2) is 0 Å². The van der Waals surface area contributed by atoms with Crippen LogP contribution < -0.4 is 0 Å². The zero-order chi connectivity index (χ0) is 12.1. The van der Waals surface area contributed by atoms with Crippen LogP contribution in [0, 0.1) is 6.92 Å². The van der Waals surface area contributed by atoms with E-state index in [2.05, 4.69) is 47.1 Å². The monoisotopic (exact) mass is 296 g/mol. The molecule has 1 nitrogen and oxygen atoms in total. The number of rotatable bonds is 5. The highest BCUT2D eigenvalue weighted by atomic mass is 79.9. The van der Waals surface area contributed by atoms with E-state index < -0.39 is 0 Å². The molecule has 1 heterocycles. The maximum Gasteiger partial charge on any atom is 0.0576 e. The largest absolute Gasteiger partial charge is 0.378 e. The van der Waals surface area contributed by atoms with Crippen LogP contribution >= 0.6 is 15.9 Å². The number of ether oxygens (including phenoxy) is 1. The molecule has 0 spiro atoms. The van der Waals surface area contributed by atoms with Crippen LogP contribution in [0.2, 0.25) is 0 Å². The summed E-state index contributed by atoms with van der Waals surface area (Å²) in [6.45, 7) is 3.17. The van der Waals surface area contributed by atoms with E-state index >= 15 is 0 Å². The van der Waals surface area contributed by atoms with Gasteiger partial charge in [-0.3, -0.25) is 0 Å². The molecule has 0 amide bonds. The molecule has 1 aliphatic heterocycles. The van der Waals surface area contributed by atoms with Gasteiger partial charge in [0.05, 0.1) is 6.10 Å². The molecule has 1 fully saturated rings. The number of benzene rings is 1. The Balaban J connectivity index is 1.94. The van der Waals surface area contributed by atoms with Crippen molar-refractivity contribution in [2.45, 2.75) is 44.6 Å². The summed E-state index contributed by atoms with van der Waals surface area (Å²) < 4.78 is 5.70. The van der Waals surface area contributed by atoms with Gasteiger partial charge in [0.2, 0.25) is 0 Å². The highest BCUT2D eigenvalue weighted by Gasteiger charge is 2.19. The normalized spacial score (nSPS) is 21.6. The molecule has 1 aromatic rings. The fourth-order valence-corrected chi connectivity index (χ4v) is 3.29. The van der Waals surface area contributed by atoms with E-state index in [-0.39, 0.29) is 0 Å². The zero-order valence-electron chi connectivity index (χ0n) is 10.5. The molecule has 0 aromatic heterocycles. The fraction of sp³-hybridized carbons (Fsp3) is 0.600. The Morgan fingerprint density at radius 3 is 2.88 bits per heavy atom. The summed E-state index contributed by atoms with van der Waals surface area (Å²) >= 11 is 3.66. The van der Waals surface area contributed by atoms with E-state index in [0.29, 0.717) is 12.0 Å². The molecule has 0 bridgehead atoms. The number of hydrogen-bond acceptors (Lipinski definition) is 1. The summed E-state index contributed by atoms with van der Waals surface area (Å²) in [7, 11) is 0. The summed E-state index contributed by atoms with van der Waals surface area (Å²) in [6.07, 6.45) is 5.43. The Morgan fingerprint density at radius 2 is 2.24 bits per heavy atom. The van der Waals surface area contributed by atoms with E-state index in [0.717, 1.165) is 11.9 Å². The van der Waals surface area contributed by atoms with Gasteiger partial charge in [-0.15, -0.1) is 0 Å². The topological polar surface area (TPSA) is 9.23 Å². The van der Waals surface area contributed by atoms with Crippen molar-refractivity contribution in [3.8, 4) is 0 Å². The van der Waals surface area contributed by atoms with Crippen LogP contribution in [-0.2, 0) is 4.74 Å². The third-order valence-electron chi connectivity index (χ3n) is 3.68. The first-order valence-electron chi connectivity index (χ1n) is 6.54. The molecular formula is C15H21BrO. The predicted molar refractivity (Wildman–Crippen MR) is 75.9 cm³/mol. The molecule has 2 heteroatoms. The minimum atomic E-state index is 0.514. The molecular weight excluding hydrogens is 276 g/mol. The molecule has 1 aromatic carbocycles. The lowest BCUT2D eigenvalue weighted by Gasteiger charge is -2.18. The molecule has 1 saturated heterocycles. The van der Waals surface area contributed by atoms with Gasteiger partial charge in [-0.05, 0) is 49.7 Å². The number of alkyl halides is 1. The second-order valence-electron chi connectivity index (χ2n) is 4.92. The van der Waals surface area contributed by atoms with Crippen molar-refractivity contribution >= 4 is 15.9 Å². The zero-order valence-corrected chi connectivity index (χ0v) is 12.1. The molecule has 0 aliphatic carbocycles. The maximum absolute atomic E-state index is 5.70. The van der Waals surface area contributed by atoms with Gasteiger partial charge in [0.25, 0.3) is 0 Å². The van der Waals surface area contributed by atoms with Crippen LogP contribution in [0.5, 0.6) is 0 Å². The van der Waals surface area contributed by atoms with E-state index in [1.807, 2.05) is 0 Å². The van der Waals surface area contributed by atoms with Gasteiger partial charge in [-0.1, -0.05) is 40.2 Å². The maximum atomic E-state index is 5.70. The molecule has 2 rings (SSSR count). The van der Waals surface area contributed by atoms with Gasteiger partial charge in [0.1, 0.15) is 0 Å². The summed E-state index contributed by atoms with van der Waals surface area (Å²) in [5.74, 6) is 0.625. The lowest BCUT2D eigenvalue weighted by atomic mass is 9.91. The van der Waals surface area contributed by atoms with Crippen molar-refractivity contribution in [1.29, 1.82) is 0 Å². The van der Waals surface area contributed by atoms with Crippen molar-refractivity contribution in [2.75, 3.05) is 11.9 Å². The predicted octanol–water partition coefficient (Wildman–Crippen LogP) is 4.43. The van der Waals surface area contributed by atoms with Crippen molar-refractivity contribution in [1.82, 2.24) is 0 Å². The summed E-state index contributed by atoms with van der Waals surface area (Å²) in [5, 5.41) is 1.05. The van der Waals surface area contributed by atoms with Gasteiger partial charge < -0.3 is 4.74 Å². The van der Waals surface area contributed by atoms with Crippen LogP contribution in [0.15, 0.2) is 24.3 Å². The minimum Gasteiger partial charge on any atom is -0.378 e. The Kier molecular flexibility index (Phi) is 5.05. The van der Waals surface area contributed by atoms with Gasteiger partial charge in [-0.25, -0.2) is 0 Å². The standard InChI is InChI=1S/C15H21BrO/c1-12-5-2-3-7-15(12)13(11-16)8-9-14-6-4-10-17-14/h2-3,5,7,13-14H,4,6,8-11H2,1H3. The number of halogens is 1. The minimum absolute atomic E-state index is 0.514. The summed E-state index contributed by atoms with van der Waals surface area (Å²) in [6, 6.07) is 8.72. The second-order valence-corrected chi connectivity index (χ2v) is 5.57. The van der Waals surface area contributed by atoms with Crippen LogP contribution in [0.3, 0.4) is 0 Å². The molecule has 0 N–H and O–H groups in total. The Hall–Kier alpha value is -0.340. The highest BCUT2D eigenvalue weighted by molar-refractivity contribution is 9.09. The fourth-order valence-electron chi connectivity index (χ4n) is 2.62. The van der Waals surface area contributed by atoms with Crippen molar-refractivity contribution in [3.63, 3.8) is 0 Å². The smallest absolute Gasteiger partial charge is 0.0576 e. The summed E-state index contributed by atoms with van der Waals surface area (Å²) in [5.41, 5.74) is 2.90. The van der Waals surface area contributed by atoms with Gasteiger partial charge in [0, 0.05) is 11.9 Å². The number of hydrogen-bond donors (Lipinski definition) is 0. The van der Waals surface area contributed by atoms with Crippen molar-refractivity contribution in [3.05, 3.63) is 35.4 Å². The average molecular weight is 297 g/mol. The van der Waals surface area contributed by atoms with Crippen molar-refractivity contribution < 1.29 is 4.74 Å². The Labute approximate surface area is 113 Å². The first-order chi connectivity index (χ1) is 8.31. The lowest BCUT2D eigenvalue weighted by molar-refractivity contribution is 0.101. The molecule has 94 valence electrons. The molecule has 2 atom stereocenters. The van der Waals surface area contributed by atoms with Gasteiger partial charge >= 0.3 is 0 Å². The third-order valence-corrected chi connectivity index (χ3v) is 4.46. The molecule has 17 heavy (non-hydrogen) atoms. The van der Waals surface area contributed by atoms with Gasteiger partial charge in [-0.2, -0.15) is 0 Å². The highest BCUT2D eigenvalue weighted by Crippen LogP contribution is 2.29. The van der Waals surface area contributed by atoms with Crippen LogP contribution in [-0.4, -0.2) is 18.0 Å². The SMILES string of the molecule is Cc1ccccc1C(CBr)CCC1CCCO1. The van der Waals surface area contributed by atoms with E-state index in [4.69, 9.17) is 4.74 Å². The lowest BCUT2D eigenvalue weighted by Crippen LogP contribution is -2.09. The first kappa shape index (κ1) is 13.1. The van der Waals surface area contributed by atoms with Crippen LogP contribution in [0.1, 0.15) is 42.7 Å². The Bertz CT molecular complexity index is 345. The molecule has 1 aliphatic rings. The van der Waals surface area contributed by atoms with Crippen LogP contribution in [0.4, 0.5) is 0 Å². The van der Waals surface area contributed by atoms with Crippen LogP contribution in [0.25, 0.3) is 0 Å². The third kappa shape index (κ3) is 3.56. The Morgan fingerprint density at radius 1 is 1.41 bits per heavy atom. The molecule has 2 unspecified atom stereocenters. The summed E-state index contributed by atoms with van der Waals surface area (Å²) in [4.78, 5) is 0. The number of aryl methyl sites for hydroxylation is 1. The first-order valence-corrected chi connectivity index (χ1v) is 7.66. The van der Waals surface area contributed by atoms with E-state index in [1.54, 1.807) is 0 Å². The average Bonchev–Trinajstić information content (AvgIpc) is 2.85. The quantitative estimate of drug-likeness (QED) is 0.730. The second kappa shape index (κ2) is 6.55. The van der Waals surface area contributed by atoms with E-state index in [9.17, 15) is 0 Å². The van der Waals surface area contributed by atoms with Crippen molar-refractivity contribution in [2.24, 2.45) is 0 Å². The molecule has 0 saturated carbocycles. The van der Waals surface area contributed by atoms with E-state index in [1.165, 1.54) is 36.8 Å². The molecule has 0 radical (unpaired) electrons.